The number of aryl methyl sites for hydroxylation is 1. The van der Waals surface area contributed by atoms with Crippen molar-refractivity contribution in [2.75, 3.05) is 7.11 Å². The van der Waals surface area contributed by atoms with E-state index in [0.29, 0.717) is 12.8 Å². The Morgan fingerprint density at radius 2 is 1.67 bits per heavy atom. The third-order valence-electron chi connectivity index (χ3n) is 7.97. The fourth-order valence-corrected chi connectivity index (χ4v) is 5.92. The number of aromatic nitrogens is 2. The SMILES string of the molecule is CCC1=C(C)C(Br)=N/C1=C\c1[nH]c(Cc2[nH]c(/C=C3\N=C(C)C(C)=C3CCC(=O)OC)cc2C)c(CC)c1C. The number of carbonyl (C=O) groups is 1. The Bertz CT molecular complexity index is 1500. The summed E-state index contributed by atoms with van der Waals surface area (Å²) in [5.74, 6) is -0.204. The van der Waals surface area contributed by atoms with Gasteiger partial charge in [0.15, 0.2) is 0 Å². The Morgan fingerprint density at radius 1 is 0.949 bits per heavy atom. The third kappa shape index (κ3) is 5.88. The van der Waals surface area contributed by atoms with Crippen LogP contribution in [-0.2, 0) is 22.4 Å². The van der Waals surface area contributed by atoms with Gasteiger partial charge >= 0.3 is 5.97 Å². The first-order valence-electron chi connectivity index (χ1n) is 13.7. The summed E-state index contributed by atoms with van der Waals surface area (Å²) < 4.78 is 5.77. The number of allylic oxidation sites excluding steroid dienone is 4. The molecule has 0 amide bonds. The lowest BCUT2D eigenvalue weighted by atomic mass is 10.0. The van der Waals surface area contributed by atoms with Crippen LogP contribution in [0.3, 0.4) is 0 Å². The van der Waals surface area contributed by atoms with Gasteiger partial charge < -0.3 is 14.7 Å². The Hall–Kier alpha value is -3.19. The smallest absolute Gasteiger partial charge is 0.305 e. The van der Waals surface area contributed by atoms with E-state index in [4.69, 9.17) is 14.7 Å². The van der Waals surface area contributed by atoms with Crippen LogP contribution in [0.4, 0.5) is 0 Å². The van der Waals surface area contributed by atoms with Crippen molar-refractivity contribution in [3.63, 3.8) is 0 Å². The van der Waals surface area contributed by atoms with Crippen molar-refractivity contribution in [3.8, 4) is 0 Å². The number of aliphatic imine (C=N–C) groups is 2. The number of carbonyl (C=O) groups excluding carboxylic acids is 1. The van der Waals surface area contributed by atoms with Crippen LogP contribution in [0.1, 0.15) is 93.3 Å². The summed E-state index contributed by atoms with van der Waals surface area (Å²) in [7, 11) is 1.43. The predicted molar refractivity (Wildman–Crippen MR) is 166 cm³/mol. The Kier molecular flexibility index (Phi) is 8.80. The van der Waals surface area contributed by atoms with E-state index in [1.54, 1.807) is 0 Å². The molecule has 2 N–H and O–H groups in total. The first-order valence-corrected chi connectivity index (χ1v) is 14.5. The number of rotatable bonds is 9. The summed E-state index contributed by atoms with van der Waals surface area (Å²) in [4.78, 5) is 28.7. The fraction of sp³-hybridized carbons (Fsp3) is 0.406. The second-order valence-electron chi connectivity index (χ2n) is 10.3. The minimum Gasteiger partial charge on any atom is -0.469 e. The number of H-pyrrole nitrogens is 2. The van der Waals surface area contributed by atoms with Crippen LogP contribution in [-0.4, -0.2) is 33.4 Å². The summed E-state index contributed by atoms with van der Waals surface area (Å²) in [5, 5.41) is 0. The maximum atomic E-state index is 11.8. The Labute approximate surface area is 240 Å². The summed E-state index contributed by atoms with van der Waals surface area (Å²) >= 11 is 3.61. The molecule has 6 nitrogen and oxygen atoms in total. The lowest BCUT2D eigenvalue weighted by Crippen LogP contribution is -2.01. The summed E-state index contributed by atoms with van der Waals surface area (Å²) in [6.07, 6.45) is 7.95. The molecule has 0 unspecified atom stereocenters. The summed E-state index contributed by atoms with van der Waals surface area (Å²) in [5.41, 5.74) is 16.1. The van der Waals surface area contributed by atoms with Crippen molar-refractivity contribution < 1.29 is 9.53 Å². The highest BCUT2D eigenvalue weighted by Crippen LogP contribution is 2.34. The molecule has 0 fully saturated rings. The van der Waals surface area contributed by atoms with Gasteiger partial charge in [-0.3, -0.25) is 9.79 Å². The number of aromatic amines is 2. The van der Waals surface area contributed by atoms with E-state index >= 15 is 0 Å². The monoisotopic (exact) mass is 590 g/mol. The molecule has 0 aliphatic carbocycles. The van der Waals surface area contributed by atoms with Gasteiger partial charge in [-0.05, 0) is 127 Å². The van der Waals surface area contributed by atoms with Crippen molar-refractivity contribution in [3.05, 3.63) is 79.2 Å². The van der Waals surface area contributed by atoms with Crippen molar-refractivity contribution in [1.82, 2.24) is 9.97 Å². The van der Waals surface area contributed by atoms with E-state index in [1.807, 2.05) is 6.92 Å². The standard InChI is InChI=1S/C32H39BrN4O2/c1-9-23-19(5)27(16-30-24(10-2)20(6)32(33)37-30)36-29(23)15-26-17(3)13-22(35-26)14-28-25(11-12-31(38)39-8)18(4)21(7)34-28/h13-14,16,35-36H,9-12,15H2,1-8H3/b28-14-,30-16-. The number of nitrogens with one attached hydrogen (secondary N) is 2. The molecule has 0 bridgehead atoms. The van der Waals surface area contributed by atoms with Gasteiger partial charge in [-0.25, -0.2) is 4.99 Å². The number of methoxy groups -OCH3 is 1. The minimum atomic E-state index is -0.204. The fourth-order valence-electron chi connectivity index (χ4n) is 5.49. The number of ether oxygens (including phenoxy) is 1. The molecule has 2 aromatic rings. The summed E-state index contributed by atoms with van der Waals surface area (Å²) in [6, 6.07) is 2.18. The van der Waals surface area contributed by atoms with E-state index in [2.05, 4.69) is 85.7 Å². The van der Waals surface area contributed by atoms with Crippen LogP contribution in [0.5, 0.6) is 0 Å². The molecule has 2 aliphatic rings. The molecule has 0 radical (unpaired) electrons. The van der Waals surface area contributed by atoms with E-state index in [0.717, 1.165) is 63.5 Å². The number of nitrogens with zero attached hydrogens (tertiary/aromatic N) is 2. The van der Waals surface area contributed by atoms with Crippen LogP contribution < -0.4 is 0 Å². The second kappa shape index (κ2) is 11.9. The number of hydrogen-bond acceptors (Lipinski definition) is 4. The van der Waals surface area contributed by atoms with Crippen molar-refractivity contribution >= 4 is 44.4 Å². The molecule has 4 rings (SSSR count). The largest absolute Gasteiger partial charge is 0.469 e. The van der Waals surface area contributed by atoms with Crippen molar-refractivity contribution in [2.24, 2.45) is 9.98 Å². The van der Waals surface area contributed by atoms with Gasteiger partial charge in [0.25, 0.3) is 0 Å². The molecule has 0 saturated heterocycles. The summed E-state index contributed by atoms with van der Waals surface area (Å²) in [6.45, 7) is 14.9. The molecule has 2 aromatic heterocycles. The average molecular weight is 592 g/mol. The maximum absolute atomic E-state index is 11.8. The zero-order chi connectivity index (χ0) is 28.4. The Balaban J connectivity index is 1.62. The van der Waals surface area contributed by atoms with Crippen LogP contribution in [0.2, 0.25) is 0 Å². The van der Waals surface area contributed by atoms with Gasteiger partial charge in [0.1, 0.15) is 4.62 Å². The minimum absolute atomic E-state index is 0.204. The lowest BCUT2D eigenvalue weighted by molar-refractivity contribution is -0.140. The predicted octanol–water partition coefficient (Wildman–Crippen LogP) is 8.07. The van der Waals surface area contributed by atoms with Gasteiger partial charge in [-0.2, -0.15) is 0 Å². The number of halogens is 1. The topological polar surface area (TPSA) is 82.6 Å². The maximum Gasteiger partial charge on any atom is 0.305 e. The molecule has 2 aliphatic heterocycles. The lowest BCUT2D eigenvalue weighted by Gasteiger charge is -2.05. The molecule has 206 valence electrons. The number of hydrogen-bond donors (Lipinski definition) is 2. The van der Waals surface area contributed by atoms with Gasteiger partial charge in [0.2, 0.25) is 0 Å². The highest BCUT2D eigenvalue weighted by molar-refractivity contribution is 9.18. The van der Waals surface area contributed by atoms with E-state index in [-0.39, 0.29) is 5.97 Å². The first kappa shape index (κ1) is 28.8. The Morgan fingerprint density at radius 3 is 2.33 bits per heavy atom. The highest BCUT2D eigenvalue weighted by Gasteiger charge is 2.21. The second-order valence-corrected chi connectivity index (χ2v) is 11.1. The molecule has 4 heterocycles. The van der Waals surface area contributed by atoms with Crippen molar-refractivity contribution in [1.29, 1.82) is 0 Å². The van der Waals surface area contributed by atoms with E-state index < -0.39 is 0 Å². The zero-order valence-corrected chi connectivity index (χ0v) is 25.9. The third-order valence-corrected chi connectivity index (χ3v) is 8.75. The number of esters is 1. The van der Waals surface area contributed by atoms with Crippen molar-refractivity contribution in [2.45, 2.75) is 80.6 Å². The highest BCUT2D eigenvalue weighted by atomic mass is 79.9. The average Bonchev–Trinajstić information content (AvgIpc) is 3.57. The van der Waals surface area contributed by atoms with E-state index in [1.165, 1.54) is 46.3 Å². The normalized spacial score (nSPS) is 17.7. The van der Waals surface area contributed by atoms with Gasteiger partial charge in [0, 0.05) is 41.3 Å². The molecule has 7 heteroatoms. The van der Waals surface area contributed by atoms with Crippen LogP contribution in [0.15, 0.2) is 49.7 Å². The van der Waals surface area contributed by atoms with Gasteiger partial charge in [0.05, 0.1) is 18.5 Å². The van der Waals surface area contributed by atoms with Crippen LogP contribution in [0, 0.1) is 13.8 Å². The molecule has 0 saturated carbocycles. The van der Waals surface area contributed by atoms with E-state index in [9.17, 15) is 4.79 Å². The molecular formula is C32H39BrN4O2. The van der Waals surface area contributed by atoms with Gasteiger partial charge in [-0.15, -0.1) is 0 Å². The zero-order valence-electron chi connectivity index (χ0n) is 24.4. The van der Waals surface area contributed by atoms with Crippen LogP contribution in [0.25, 0.3) is 12.2 Å². The molecular weight excluding hydrogens is 552 g/mol. The molecule has 0 spiro atoms. The van der Waals surface area contributed by atoms with Crippen LogP contribution >= 0.6 is 15.9 Å². The first-order chi connectivity index (χ1) is 18.6. The van der Waals surface area contributed by atoms with Gasteiger partial charge in [-0.1, -0.05) is 13.8 Å². The molecule has 0 atom stereocenters. The molecule has 39 heavy (non-hydrogen) atoms. The quantitative estimate of drug-likeness (QED) is 0.289. The molecule has 0 aromatic carbocycles.